The summed E-state index contributed by atoms with van der Waals surface area (Å²) in [6.07, 6.45) is 0.933. The normalized spacial score (nSPS) is 17.6. The average molecular weight is 388 g/mol. The zero-order valence-electron chi connectivity index (χ0n) is 16.4. The van der Waals surface area contributed by atoms with Crippen LogP contribution in [0.25, 0.3) is 10.8 Å². The summed E-state index contributed by atoms with van der Waals surface area (Å²) >= 11 is 0. The lowest BCUT2D eigenvalue weighted by Gasteiger charge is -2.11. The van der Waals surface area contributed by atoms with Gasteiger partial charge in [-0.05, 0) is 42.0 Å². The Morgan fingerprint density at radius 3 is 2.62 bits per heavy atom. The van der Waals surface area contributed by atoms with Crippen LogP contribution in [0.3, 0.4) is 0 Å². The van der Waals surface area contributed by atoms with Crippen molar-refractivity contribution in [1.82, 2.24) is 5.32 Å². The van der Waals surface area contributed by atoms with Crippen molar-refractivity contribution < 1.29 is 14.3 Å². The van der Waals surface area contributed by atoms with Crippen LogP contribution >= 0.6 is 0 Å². The summed E-state index contributed by atoms with van der Waals surface area (Å²) in [6.45, 7) is 2.82. The van der Waals surface area contributed by atoms with Gasteiger partial charge in [-0.3, -0.25) is 9.59 Å². The van der Waals surface area contributed by atoms with Gasteiger partial charge in [0.15, 0.2) is 0 Å². The van der Waals surface area contributed by atoms with Gasteiger partial charge >= 0.3 is 0 Å². The summed E-state index contributed by atoms with van der Waals surface area (Å²) in [5.41, 5.74) is 1.16. The van der Waals surface area contributed by atoms with Gasteiger partial charge in [-0.25, -0.2) is 0 Å². The average Bonchev–Trinajstić information content (AvgIpc) is 3.48. The van der Waals surface area contributed by atoms with Crippen LogP contribution in [-0.2, 0) is 4.79 Å². The van der Waals surface area contributed by atoms with Crippen LogP contribution in [-0.4, -0.2) is 25.0 Å². The Hall–Kier alpha value is -3.34. The molecule has 2 N–H and O–H groups in total. The number of rotatable bonds is 7. The fourth-order valence-corrected chi connectivity index (χ4v) is 3.41. The number of nitrogens with one attached hydrogen (secondary N) is 2. The van der Waals surface area contributed by atoms with Gasteiger partial charge in [-0.1, -0.05) is 49.4 Å². The summed E-state index contributed by atoms with van der Waals surface area (Å²) in [5.74, 6) is 1.18. The molecule has 5 nitrogen and oxygen atoms in total. The molecule has 0 aliphatic heterocycles. The molecule has 1 aliphatic rings. The van der Waals surface area contributed by atoms with Crippen LogP contribution in [0.15, 0.2) is 66.7 Å². The second kappa shape index (κ2) is 8.35. The lowest BCUT2D eigenvalue weighted by atomic mass is 10.1. The predicted octanol–water partition coefficient (Wildman–Crippen LogP) is 4.24. The van der Waals surface area contributed by atoms with Gasteiger partial charge in [-0.15, -0.1) is 0 Å². The van der Waals surface area contributed by atoms with E-state index >= 15 is 0 Å². The van der Waals surface area contributed by atoms with Crippen LogP contribution in [0.1, 0.15) is 23.7 Å². The highest BCUT2D eigenvalue weighted by atomic mass is 16.5. The third kappa shape index (κ3) is 4.57. The van der Waals surface area contributed by atoms with Crippen LogP contribution in [0.2, 0.25) is 0 Å². The molecule has 3 aromatic rings. The fourth-order valence-electron chi connectivity index (χ4n) is 3.41. The van der Waals surface area contributed by atoms with Crippen molar-refractivity contribution in [2.75, 3.05) is 18.5 Å². The first kappa shape index (κ1) is 19.0. The Balaban J connectivity index is 1.29. The molecule has 0 spiro atoms. The van der Waals surface area contributed by atoms with Gasteiger partial charge in [0.05, 0.1) is 6.54 Å². The quantitative estimate of drug-likeness (QED) is 0.595. The molecule has 0 saturated heterocycles. The molecule has 29 heavy (non-hydrogen) atoms. The van der Waals surface area contributed by atoms with Crippen LogP contribution in [0, 0.1) is 11.8 Å². The van der Waals surface area contributed by atoms with Gasteiger partial charge in [-0.2, -0.15) is 0 Å². The Labute approximate surface area is 170 Å². The van der Waals surface area contributed by atoms with E-state index in [1.165, 1.54) is 0 Å². The van der Waals surface area contributed by atoms with Crippen LogP contribution in [0.4, 0.5) is 5.69 Å². The third-order valence-corrected chi connectivity index (χ3v) is 5.23. The number of amides is 2. The zero-order valence-corrected chi connectivity index (χ0v) is 16.4. The van der Waals surface area contributed by atoms with E-state index in [2.05, 4.69) is 17.6 Å². The Morgan fingerprint density at radius 2 is 1.79 bits per heavy atom. The van der Waals surface area contributed by atoms with E-state index in [-0.39, 0.29) is 17.7 Å². The molecule has 1 saturated carbocycles. The summed E-state index contributed by atoms with van der Waals surface area (Å²) in [4.78, 5) is 24.5. The largest absolute Gasteiger partial charge is 0.491 e. The number of benzene rings is 3. The summed E-state index contributed by atoms with van der Waals surface area (Å²) in [5, 5.41) is 7.92. The Bertz CT molecular complexity index is 1040. The van der Waals surface area contributed by atoms with Gasteiger partial charge in [0.2, 0.25) is 5.91 Å². The number of hydrogen-bond donors (Lipinski definition) is 2. The third-order valence-electron chi connectivity index (χ3n) is 5.23. The molecule has 0 radical (unpaired) electrons. The van der Waals surface area contributed by atoms with E-state index in [1.807, 2.05) is 42.5 Å². The first-order valence-corrected chi connectivity index (χ1v) is 9.91. The topological polar surface area (TPSA) is 67.4 Å². The highest BCUT2D eigenvalue weighted by molar-refractivity contribution is 5.98. The molecule has 0 heterocycles. The SMILES string of the molecule is CC1CC1C(=O)Nc1cccc(C(=O)NCCOc2cccc3ccccc23)c1. The molecule has 2 unspecified atom stereocenters. The first-order valence-electron chi connectivity index (χ1n) is 9.91. The van der Waals surface area contributed by atoms with E-state index in [0.717, 1.165) is 22.9 Å². The molecular formula is C24H24N2O3. The minimum Gasteiger partial charge on any atom is -0.491 e. The summed E-state index contributed by atoms with van der Waals surface area (Å²) in [6, 6.07) is 21.0. The summed E-state index contributed by atoms with van der Waals surface area (Å²) < 4.78 is 5.85. The van der Waals surface area contributed by atoms with Crippen molar-refractivity contribution in [2.24, 2.45) is 11.8 Å². The Kier molecular flexibility index (Phi) is 5.47. The standard InChI is InChI=1S/C24H24N2O3/c1-16-14-21(16)24(28)26-19-9-4-8-18(15-19)23(27)25-12-13-29-22-11-5-7-17-6-2-3-10-20(17)22/h2-11,15-16,21H,12-14H2,1H3,(H,25,27)(H,26,28). The van der Waals surface area contributed by atoms with Crippen molar-refractivity contribution in [3.05, 3.63) is 72.3 Å². The number of anilines is 1. The van der Waals surface area contributed by atoms with Gasteiger partial charge in [0.1, 0.15) is 12.4 Å². The predicted molar refractivity (Wildman–Crippen MR) is 114 cm³/mol. The number of carbonyl (C=O) groups is 2. The van der Waals surface area contributed by atoms with Crippen LogP contribution < -0.4 is 15.4 Å². The van der Waals surface area contributed by atoms with Crippen molar-refractivity contribution in [3.8, 4) is 5.75 Å². The van der Waals surface area contributed by atoms with E-state index < -0.39 is 0 Å². The zero-order chi connectivity index (χ0) is 20.2. The first-order chi connectivity index (χ1) is 14.1. The van der Waals surface area contributed by atoms with Gasteiger partial charge in [0, 0.05) is 22.6 Å². The monoisotopic (exact) mass is 388 g/mol. The maximum absolute atomic E-state index is 12.4. The minimum absolute atomic E-state index is 0.0264. The molecular weight excluding hydrogens is 364 g/mol. The van der Waals surface area contributed by atoms with Gasteiger partial charge < -0.3 is 15.4 Å². The van der Waals surface area contributed by atoms with Crippen molar-refractivity contribution in [3.63, 3.8) is 0 Å². The van der Waals surface area contributed by atoms with Crippen LogP contribution in [0.5, 0.6) is 5.75 Å². The maximum Gasteiger partial charge on any atom is 0.251 e. The second-order valence-corrected chi connectivity index (χ2v) is 7.47. The minimum atomic E-state index is -0.192. The van der Waals surface area contributed by atoms with E-state index in [4.69, 9.17) is 4.74 Å². The van der Waals surface area contributed by atoms with E-state index in [9.17, 15) is 9.59 Å². The molecule has 0 aromatic heterocycles. The van der Waals surface area contributed by atoms with Crippen molar-refractivity contribution in [2.45, 2.75) is 13.3 Å². The number of ether oxygens (including phenoxy) is 1. The van der Waals surface area contributed by atoms with E-state index in [0.29, 0.717) is 30.3 Å². The van der Waals surface area contributed by atoms with Crippen molar-refractivity contribution in [1.29, 1.82) is 0 Å². The van der Waals surface area contributed by atoms with Gasteiger partial charge in [0.25, 0.3) is 5.91 Å². The van der Waals surface area contributed by atoms with Crippen molar-refractivity contribution >= 4 is 28.3 Å². The fraction of sp³-hybridized carbons (Fsp3) is 0.250. The Morgan fingerprint density at radius 1 is 1.03 bits per heavy atom. The molecule has 3 aromatic carbocycles. The lowest BCUT2D eigenvalue weighted by molar-refractivity contribution is -0.117. The maximum atomic E-state index is 12.4. The smallest absolute Gasteiger partial charge is 0.251 e. The molecule has 4 rings (SSSR count). The molecule has 2 atom stereocenters. The lowest BCUT2D eigenvalue weighted by Crippen LogP contribution is -2.28. The molecule has 1 fully saturated rings. The molecule has 1 aliphatic carbocycles. The number of hydrogen-bond acceptors (Lipinski definition) is 3. The molecule has 5 heteroatoms. The molecule has 2 amide bonds. The second-order valence-electron chi connectivity index (χ2n) is 7.47. The van der Waals surface area contributed by atoms with E-state index in [1.54, 1.807) is 24.3 Å². The number of fused-ring (bicyclic) bond motifs is 1. The highest BCUT2D eigenvalue weighted by Crippen LogP contribution is 2.38. The highest BCUT2D eigenvalue weighted by Gasteiger charge is 2.39. The molecule has 148 valence electrons. The molecule has 0 bridgehead atoms. The summed E-state index contributed by atoms with van der Waals surface area (Å²) in [7, 11) is 0. The number of carbonyl (C=O) groups excluding carboxylic acids is 2.